The Kier molecular flexibility index (Phi) is 6.34. The first kappa shape index (κ1) is 23.4. The van der Waals surface area contributed by atoms with Crippen molar-refractivity contribution in [3.05, 3.63) is 30.2 Å². The van der Waals surface area contributed by atoms with E-state index in [0.717, 1.165) is 12.8 Å². The summed E-state index contributed by atoms with van der Waals surface area (Å²) in [5.41, 5.74) is 0.768. The molecule has 2 aromatic heterocycles. The van der Waals surface area contributed by atoms with Crippen LogP contribution >= 0.6 is 0 Å². The van der Waals surface area contributed by atoms with Crippen LogP contribution in [0.4, 0.5) is 24.7 Å². The van der Waals surface area contributed by atoms with E-state index in [9.17, 15) is 28.0 Å². The minimum atomic E-state index is -4.70. The van der Waals surface area contributed by atoms with E-state index in [-0.39, 0.29) is 36.4 Å². The van der Waals surface area contributed by atoms with Gasteiger partial charge in [-0.3, -0.25) is 9.59 Å². The Morgan fingerprint density at radius 2 is 2.00 bits per heavy atom. The van der Waals surface area contributed by atoms with Gasteiger partial charge in [-0.05, 0) is 31.9 Å². The van der Waals surface area contributed by atoms with E-state index in [0.29, 0.717) is 22.1 Å². The van der Waals surface area contributed by atoms with Crippen LogP contribution in [0.3, 0.4) is 0 Å². The molecule has 2 N–H and O–H groups in total. The Labute approximate surface area is 192 Å². The van der Waals surface area contributed by atoms with Gasteiger partial charge < -0.3 is 20.3 Å². The predicted molar refractivity (Wildman–Crippen MR) is 112 cm³/mol. The summed E-state index contributed by atoms with van der Waals surface area (Å²) in [5, 5.41) is 14.9. The van der Waals surface area contributed by atoms with Crippen molar-refractivity contribution in [2.75, 3.05) is 23.8 Å². The second kappa shape index (κ2) is 9.22. The molecule has 1 aliphatic carbocycles. The van der Waals surface area contributed by atoms with Gasteiger partial charge in [-0.15, -0.1) is 0 Å². The topological polar surface area (TPSA) is 133 Å². The van der Waals surface area contributed by atoms with Gasteiger partial charge in [-0.2, -0.15) is 18.4 Å². The number of nitrogens with zero attached hydrogens (tertiary/aromatic N) is 5. The molecule has 3 heterocycles. The number of carbonyl (C=O) groups is 2. The molecule has 34 heavy (non-hydrogen) atoms. The summed E-state index contributed by atoms with van der Waals surface area (Å²) in [6.07, 6.45) is -2.50. The van der Waals surface area contributed by atoms with Gasteiger partial charge in [0.1, 0.15) is 17.8 Å². The number of hydrogen-bond donors (Lipinski definition) is 2. The van der Waals surface area contributed by atoms with Gasteiger partial charge in [-0.1, -0.05) is 0 Å². The number of hydrogen-bond acceptors (Lipinski definition) is 8. The number of alkyl halides is 3. The fourth-order valence-electron chi connectivity index (χ4n) is 3.41. The van der Waals surface area contributed by atoms with Gasteiger partial charge in [0.15, 0.2) is 11.5 Å². The quantitative estimate of drug-likeness (QED) is 0.650. The van der Waals surface area contributed by atoms with Crippen molar-refractivity contribution in [1.29, 1.82) is 5.26 Å². The normalized spacial score (nSPS) is 18.8. The van der Waals surface area contributed by atoms with E-state index in [1.807, 2.05) is 6.07 Å². The van der Waals surface area contributed by atoms with E-state index in [2.05, 4.69) is 30.3 Å². The zero-order chi connectivity index (χ0) is 24.5. The van der Waals surface area contributed by atoms with Crippen molar-refractivity contribution in [2.45, 2.75) is 38.2 Å². The number of rotatable bonds is 6. The van der Waals surface area contributed by atoms with Crippen LogP contribution in [0.5, 0.6) is 0 Å². The third-order valence-electron chi connectivity index (χ3n) is 5.31. The number of halogens is 3. The van der Waals surface area contributed by atoms with E-state index in [1.165, 1.54) is 31.5 Å². The maximum atomic E-state index is 13.1. The number of anilines is 2. The summed E-state index contributed by atoms with van der Waals surface area (Å²) in [6, 6.07) is 3.85. The van der Waals surface area contributed by atoms with Crippen molar-refractivity contribution in [3.8, 4) is 17.5 Å². The Morgan fingerprint density at radius 1 is 1.24 bits per heavy atom. The maximum absolute atomic E-state index is 13.1. The smallest absolute Gasteiger partial charge is 0.372 e. The molecule has 4 rings (SSSR count). The second-order valence-corrected chi connectivity index (χ2v) is 7.92. The van der Waals surface area contributed by atoms with E-state index in [4.69, 9.17) is 0 Å². The molecular formula is C21H20F3N7O3. The molecule has 178 valence electrons. The van der Waals surface area contributed by atoms with Crippen LogP contribution in [0.2, 0.25) is 0 Å². The van der Waals surface area contributed by atoms with Crippen LogP contribution in [0.15, 0.2) is 24.5 Å². The number of amides is 2. The summed E-state index contributed by atoms with van der Waals surface area (Å²) < 4.78 is 43.9. The molecule has 1 aliphatic heterocycles. The minimum absolute atomic E-state index is 0.0213. The van der Waals surface area contributed by atoms with Crippen LogP contribution in [0.25, 0.3) is 11.4 Å². The zero-order valence-electron chi connectivity index (χ0n) is 18.0. The zero-order valence-corrected chi connectivity index (χ0v) is 18.0. The summed E-state index contributed by atoms with van der Waals surface area (Å²) in [5.74, 6) is -0.599. The molecule has 13 heteroatoms. The molecule has 2 fully saturated rings. The highest BCUT2D eigenvalue weighted by atomic mass is 19.4. The molecule has 0 spiro atoms. The number of pyridine rings is 1. The molecule has 2 amide bonds. The Bertz CT molecular complexity index is 1130. The second-order valence-electron chi connectivity index (χ2n) is 7.92. The van der Waals surface area contributed by atoms with Crippen molar-refractivity contribution >= 4 is 23.3 Å². The Hall–Kier alpha value is -3.79. The molecule has 1 saturated heterocycles. The van der Waals surface area contributed by atoms with E-state index in [1.54, 1.807) is 0 Å². The number of carbonyl (C=O) groups excluding carboxylic acids is 2. The van der Waals surface area contributed by atoms with Crippen LogP contribution in [0.1, 0.15) is 25.5 Å². The average molecular weight is 475 g/mol. The fourth-order valence-corrected chi connectivity index (χ4v) is 3.41. The average Bonchev–Trinajstić information content (AvgIpc) is 3.54. The fraction of sp³-hybridized carbons (Fsp3) is 0.429. The van der Waals surface area contributed by atoms with Gasteiger partial charge >= 0.3 is 6.18 Å². The molecule has 10 nitrogen and oxygen atoms in total. The van der Waals surface area contributed by atoms with Gasteiger partial charge in [-0.25, -0.2) is 15.0 Å². The summed E-state index contributed by atoms with van der Waals surface area (Å²) in [6.45, 7) is 0.989. The highest BCUT2D eigenvalue weighted by Crippen LogP contribution is 2.31. The number of ether oxygens (including phenoxy) is 1. The monoisotopic (exact) mass is 475 g/mol. The lowest BCUT2D eigenvalue weighted by Crippen LogP contribution is -2.50. The van der Waals surface area contributed by atoms with E-state index < -0.39 is 24.4 Å². The van der Waals surface area contributed by atoms with Gasteiger partial charge in [0.2, 0.25) is 18.0 Å². The van der Waals surface area contributed by atoms with Gasteiger partial charge in [0, 0.05) is 12.5 Å². The lowest BCUT2D eigenvalue weighted by Gasteiger charge is -2.28. The van der Waals surface area contributed by atoms with Gasteiger partial charge in [0.25, 0.3) is 0 Å². The molecule has 0 bridgehead atoms. The number of nitriles is 1. The third kappa shape index (κ3) is 5.07. The largest absolute Gasteiger partial charge is 0.433 e. The van der Waals surface area contributed by atoms with Crippen LogP contribution in [-0.2, 0) is 14.3 Å². The van der Waals surface area contributed by atoms with Crippen molar-refractivity contribution < 1.29 is 27.5 Å². The third-order valence-corrected chi connectivity index (χ3v) is 5.31. The lowest BCUT2D eigenvalue weighted by molar-refractivity contribution is -0.238. The van der Waals surface area contributed by atoms with Crippen LogP contribution < -0.4 is 10.6 Å². The number of nitrogens with one attached hydrogen (secondary N) is 2. The highest BCUT2D eigenvalue weighted by Gasteiger charge is 2.50. The molecular weight excluding hydrogens is 455 g/mol. The Balaban J connectivity index is 1.45. The van der Waals surface area contributed by atoms with Crippen LogP contribution in [0, 0.1) is 17.2 Å². The van der Waals surface area contributed by atoms with E-state index >= 15 is 0 Å². The lowest BCUT2D eigenvalue weighted by atomic mass is 10.2. The molecule has 2 aromatic rings. The first-order valence-electron chi connectivity index (χ1n) is 10.5. The summed E-state index contributed by atoms with van der Waals surface area (Å²) >= 11 is 0. The number of aromatic nitrogens is 3. The first-order chi connectivity index (χ1) is 16.2. The molecule has 2 aliphatic rings. The van der Waals surface area contributed by atoms with Gasteiger partial charge in [0.05, 0.1) is 30.4 Å². The molecule has 2 atom stereocenters. The first-order valence-corrected chi connectivity index (χ1v) is 10.5. The SMILES string of the molecule is C[C@H](Nc1ccc(-c2cnc(NC(=O)C3CC3)cn2)nc1C#N)C(=O)N1CCO[C@@H]1C(F)(F)F. The summed E-state index contributed by atoms with van der Waals surface area (Å²) in [7, 11) is 0. The minimum Gasteiger partial charge on any atom is -0.372 e. The predicted octanol–water partition coefficient (Wildman–Crippen LogP) is 2.31. The maximum Gasteiger partial charge on any atom is 0.433 e. The molecule has 0 unspecified atom stereocenters. The van der Waals surface area contributed by atoms with Crippen molar-refractivity contribution in [1.82, 2.24) is 19.9 Å². The molecule has 0 radical (unpaired) electrons. The Morgan fingerprint density at radius 3 is 2.62 bits per heavy atom. The summed E-state index contributed by atoms with van der Waals surface area (Å²) in [4.78, 5) is 37.6. The van der Waals surface area contributed by atoms with Crippen LogP contribution in [-0.4, -0.2) is 63.3 Å². The standard InChI is InChI=1S/C21H20F3N7O3/c1-11(19(33)31-6-7-34-20(31)21(22,23)24)28-13-4-5-14(29-15(13)8-25)16-9-27-17(10-26-16)30-18(32)12-2-3-12/h4-5,9-12,20,28H,2-3,6-7H2,1H3,(H,27,30,32)/t11-,20+/m0/s1. The molecule has 1 saturated carbocycles. The van der Waals surface area contributed by atoms with Crippen molar-refractivity contribution in [3.63, 3.8) is 0 Å². The molecule has 0 aromatic carbocycles. The van der Waals surface area contributed by atoms with Crippen molar-refractivity contribution in [2.24, 2.45) is 5.92 Å². The highest BCUT2D eigenvalue weighted by molar-refractivity contribution is 5.93.